The van der Waals surface area contributed by atoms with E-state index in [-0.39, 0.29) is 34.6 Å². The summed E-state index contributed by atoms with van der Waals surface area (Å²) in [5.41, 5.74) is 4.44. The number of ether oxygens (including phenoxy) is 2. The fourth-order valence-corrected chi connectivity index (χ4v) is 5.20. The Labute approximate surface area is 177 Å². The number of rotatable bonds is 0. The molecule has 4 atom stereocenters. The van der Waals surface area contributed by atoms with Crippen molar-refractivity contribution in [2.75, 3.05) is 0 Å². The van der Waals surface area contributed by atoms with E-state index in [9.17, 15) is 9.59 Å². The van der Waals surface area contributed by atoms with Gasteiger partial charge in [0.2, 0.25) is 0 Å². The van der Waals surface area contributed by atoms with Crippen LogP contribution in [-0.2, 0) is 20.4 Å². The lowest BCUT2D eigenvalue weighted by Gasteiger charge is -2.54. The Morgan fingerprint density at radius 3 is 1.30 bits per heavy atom. The highest BCUT2D eigenvalue weighted by atomic mass is 16.5. The minimum absolute atomic E-state index is 0.0159. The first-order valence-electron chi connectivity index (χ1n) is 10.7. The lowest BCUT2D eigenvalue weighted by molar-refractivity contribution is -0.165. The summed E-state index contributed by atoms with van der Waals surface area (Å²) >= 11 is 0. The van der Waals surface area contributed by atoms with Gasteiger partial charge in [0, 0.05) is 11.8 Å². The van der Waals surface area contributed by atoms with E-state index in [2.05, 4.69) is 53.7 Å². The molecular formula is C26H28O4. The summed E-state index contributed by atoms with van der Waals surface area (Å²) in [6.45, 7) is 13.0. The molecule has 1 aliphatic carbocycles. The van der Waals surface area contributed by atoms with Gasteiger partial charge in [0.15, 0.2) is 0 Å². The third kappa shape index (κ3) is 2.65. The average molecular weight is 405 g/mol. The molecule has 0 aromatic heterocycles. The van der Waals surface area contributed by atoms with E-state index < -0.39 is 11.8 Å². The molecule has 2 heterocycles. The monoisotopic (exact) mass is 404 g/mol. The molecule has 30 heavy (non-hydrogen) atoms. The summed E-state index contributed by atoms with van der Waals surface area (Å²) in [6.07, 6.45) is 0. The predicted molar refractivity (Wildman–Crippen MR) is 114 cm³/mol. The van der Waals surface area contributed by atoms with Crippen molar-refractivity contribution >= 4 is 11.9 Å². The Morgan fingerprint density at radius 2 is 0.967 bits per heavy atom. The van der Waals surface area contributed by atoms with Gasteiger partial charge in [-0.3, -0.25) is 9.59 Å². The van der Waals surface area contributed by atoms with Crippen molar-refractivity contribution in [3.63, 3.8) is 0 Å². The zero-order valence-electron chi connectivity index (χ0n) is 18.4. The van der Waals surface area contributed by atoms with Crippen molar-refractivity contribution in [2.24, 2.45) is 11.8 Å². The SMILES string of the molecule is CC(C)(C)c1ccc2c(c1)[C@@H]1[C@H](C(=O)O2)[C@H]2C(=O)Oc3ccc(C(C)(C)C)cc3[C@H]21. The van der Waals surface area contributed by atoms with Gasteiger partial charge >= 0.3 is 11.9 Å². The second kappa shape index (κ2) is 5.96. The van der Waals surface area contributed by atoms with E-state index in [1.807, 2.05) is 24.3 Å². The van der Waals surface area contributed by atoms with E-state index in [4.69, 9.17) is 9.47 Å². The summed E-state index contributed by atoms with van der Waals surface area (Å²) in [6, 6.07) is 12.2. The van der Waals surface area contributed by atoms with Crippen molar-refractivity contribution in [3.8, 4) is 11.5 Å². The Balaban J connectivity index is 1.67. The van der Waals surface area contributed by atoms with Gasteiger partial charge in [-0.1, -0.05) is 65.8 Å². The maximum absolute atomic E-state index is 12.8. The van der Waals surface area contributed by atoms with Gasteiger partial charge in [-0.15, -0.1) is 0 Å². The number of esters is 2. The Morgan fingerprint density at radius 1 is 0.600 bits per heavy atom. The molecule has 4 nitrogen and oxygen atoms in total. The van der Waals surface area contributed by atoms with Gasteiger partial charge in [-0.2, -0.15) is 0 Å². The van der Waals surface area contributed by atoms with Crippen LogP contribution in [0.5, 0.6) is 11.5 Å². The Kier molecular flexibility index (Phi) is 3.85. The number of hydrogen-bond acceptors (Lipinski definition) is 4. The van der Waals surface area contributed by atoms with Crippen LogP contribution in [0.4, 0.5) is 0 Å². The lowest BCUT2D eigenvalue weighted by atomic mass is 9.50. The van der Waals surface area contributed by atoms with Gasteiger partial charge in [0.05, 0.1) is 11.8 Å². The molecule has 5 rings (SSSR count). The first-order chi connectivity index (χ1) is 14.0. The van der Waals surface area contributed by atoms with E-state index >= 15 is 0 Å². The third-order valence-corrected chi connectivity index (χ3v) is 6.98. The van der Waals surface area contributed by atoms with Crippen molar-refractivity contribution in [1.29, 1.82) is 0 Å². The van der Waals surface area contributed by atoms with Gasteiger partial charge in [0.25, 0.3) is 0 Å². The molecule has 0 bridgehead atoms. The smallest absolute Gasteiger partial charge is 0.315 e. The van der Waals surface area contributed by atoms with Crippen LogP contribution in [0, 0.1) is 11.8 Å². The molecule has 4 heteroatoms. The summed E-state index contributed by atoms with van der Waals surface area (Å²) in [4.78, 5) is 25.6. The van der Waals surface area contributed by atoms with Crippen molar-refractivity contribution in [2.45, 2.75) is 64.2 Å². The highest BCUT2D eigenvalue weighted by molar-refractivity contribution is 5.92. The van der Waals surface area contributed by atoms with Crippen LogP contribution in [0.15, 0.2) is 36.4 Å². The van der Waals surface area contributed by atoms with E-state index in [0.29, 0.717) is 11.5 Å². The first kappa shape index (κ1) is 19.3. The van der Waals surface area contributed by atoms with E-state index in [1.54, 1.807) is 0 Å². The normalized spacial score (nSPS) is 27.0. The molecule has 0 saturated heterocycles. The first-order valence-corrected chi connectivity index (χ1v) is 10.7. The molecule has 2 aromatic carbocycles. The van der Waals surface area contributed by atoms with Crippen molar-refractivity contribution in [1.82, 2.24) is 0 Å². The van der Waals surface area contributed by atoms with E-state index in [1.165, 1.54) is 11.1 Å². The third-order valence-electron chi connectivity index (χ3n) is 6.98. The van der Waals surface area contributed by atoms with Crippen LogP contribution < -0.4 is 9.47 Å². The molecule has 0 unspecified atom stereocenters. The number of benzene rings is 2. The molecule has 3 aliphatic rings. The molecule has 156 valence electrons. The molecule has 0 radical (unpaired) electrons. The molecule has 0 spiro atoms. The zero-order chi connectivity index (χ0) is 21.6. The number of carbonyl (C=O) groups is 2. The fourth-order valence-electron chi connectivity index (χ4n) is 5.20. The Bertz CT molecular complexity index is 996. The summed E-state index contributed by atoms with van der Waals surface area (Å²) in [5, 5.41) is 0. The number of carbonyl (C=O) groups excluding carboxylic acids is 2. The minimum Gasteiger partial charge on any atom is -0.426 e. The van der Waals surface area contributed by atoms with Gasteiger partial charge in [-0.05, 0) is 45.2 Å². The van der Waals surface area contributed by atoms with Gasteiger partial charge < -0.3 is 9.47 Å². The Hall–Kier alpha value is -2.62. The van der Waals surface area contributed by atoms with Crippen LogP contribution in [0.1, 0.15) is 75.6 Å². The molecule has 1 saturated carbocycles. The quantitative estimate of drug-likeness (QED) is 0.445. The predicted octanol–water partition coefficient (Wildman–Crippen LogP) is 5.23. The van der Waals surface area contributed by atoms with E-state index in [0.717, 1.165) is 11.1 Å². The minimum atomic E-state index is -0.475. The molecule has 2 aliphatic heterocycles. The highest BCUT2D eigenvalue weighted by Crippen LogP contribution is 2.65. The van der Waals surface area contributed by atoms with Crippen LogP contribution in [0.2, 0.25) is 0 Å². The molecule has 0 amide bonds. The molecule has 0 N–H and O–H groups in total. The summed E-state index contributed by atoms with van der Waals surface area (Å²) in [7, 11) is 0. The van der Waals surface area contributed by atoms with Gasteiger partial charge in [-0.25, -0.2) is 0 Å². The van der Waals surface area contributed by atoms with Gasteiger partial charge in [0.1, 0.15) is 11.5 Å². The summed E-state index contributed by atoms with van der Waals surface area (Å²) in [5.74, 6) is -0.450. The van der Waals surface area contributed by atoms with Crippen LogP contribution in [0.25, 0.3) is 0 Å². The number of fused-ring (bicyclic) bond motifs is 8. The maximum atomic E-state index is 12.8. The molecule has 1 fully saturated rings. The van der Waals surface area contributed by atoms with Crippen molar-refractivity contribution < 1.29 is 19.1 Å². The second-order valence-corrected chi connectivity index (χ2v) is 11.0. The zero-order valence-corrected chi connectivity index (χ0v) is 18.4. The largest absolute Gasteiger partial charge is 0.426 e. The van der Waals surface area contributed by atoms with Crippen LogP contribution >= 0.6 is 0 Å². The van der Waals surface area contributed by atoms with Crippen LogP contribution in [-0.4, -0.2) is 11.9 Å². The molecule has 2 aromatic rings. The summed E-state index contributed by atoms with van der Waals surface area (Å²) < 4.78 is 11.3. The average Bonchev–Trinajstić information content (AvgIpc) is 2.60. The van der Waals surface area contributed by atoms with Crippen LogP contribution in [0.3, 0.4) is 0 Å². The lowest BCUT2D eigenvalue weighted by Crippen LogP contribution is -2.57. The fraction of sp³-hybridized carbons (Fsp3) is 0.462. The second-order valence-electron chi connectivity index (χ2n) is 11.0. The highest BCUT2D eigenvalue weighted by Gasteiger charge is 2.64. The van der Waals surface area contributed by atoms with Crippen molar-refractivity contribution in [3.05, 3.63) is 58.7 Å². The maximum Gasteiger partial charge on any atom is 0.315 e. The number of hydrogen-bond donors (Lipinski definition) is 0. The molecular weight excluding hydrogens is 376 g/mol. The standard InChI is InChI=1S/C26H28O4/c1-25(2,3)13-7-9-17-15(11-13)19-20-16-12-14(26(4,5)6)8-10-18(16)30-24(28)22(20)21(19)23(27)29-17/h7-12,19-22H,1-6H3/t19-,20-,21-,22-/m0/s1. The topological polar surface area (TPSA) is 52.6 Å².